The number of carbonyl (C=O) groups excluding carboxylic acids is 2. The molecule has 32 heavy (non-hydrogen) atoms. The second kappa shape index (κ2) is 8.34. The number of ketones is 1. The van der Waals surface area contributed by atoms with Crippen molar-refractivity contribution in [3.8, 4) is 0 Å². The molecule has 6 nitrogen and oxygen atoms in total. The van der Waals surface area contributed by atoms with Crippen LogP contribution >= 0.6 is 0 Å². The van der Waals surface area contributed by atoms with Gasteiger partial charge in [0.2, 0.25) is 0 Å². The lowest BCUT2D eigenvalue weighted by molar-refractivity contribution is -0.140. The van der Waals surface area contributed by atoms with Crippen LogP contribution in [0.15, 0.2) is 70.9 Å². The van der Waals surface area contributed by atoms with E-state index < -0.39 is 29.3 Å². The van der Waals surface area contributed by atoms with Crippen molar-refractivity contribution >= 4 is 23.1 Å². The maximum atomic E-state index is 14.2. The number of aliphatic hydroxyl groups is 1. The van der Waals surface area contributed by atoms with E-state index in [1.165, 1.54) is 23.3 Å². The summed E-state index contributed by atoms with van der Waals surface area (Å²) in [6.07, 6.45) is 1.49. The molecule has 1 unspecified atom stereocenters. The van der Waals surface area contributed by atoms with Crippen LogP contribution in [0, 0.1) is 12.7 Å². The summed E-state index contributed by atoms with van der Waals surface area (Å²) in [6, 6.07) is 14.1. The standard InChI is InChI=1S/C25H23FN2O4/c1-15-6-7-17(13-20(15)26)23(29)21-22(16-8-10-18(11-9-16)27(2)3)28(25(31)24(21)30)14-19-5-4-12-32-19/h4-13,22,29H,14H2,1-3H3/b23-21-. The van der Waals surface area contributed by atoms with Gasteiger partial charge in [-0.15, -0.1) is 0 Å². The second-order valence-corrected chi connectivity index (χ2v) is 7.96. The Labute approximate surface area is 185 Å². The van der Waals surface area contributed by atoms with Gasteiger partial charge in [0.05, 0.1) is 24.4 Å². The molecule has 1 aliphatic rings. The highest BCUT2D eigenvalue weighted by Crippen LogP contribution is 2.40. The van der Waals surface area contributed by atoms with Gasteiger partial charge in [-0.2, -0.15) is 0 Å². The molecule has 1 atom stereocenters. The number of amides is 1. The van der Waals surface area contributed by atoms with E-state index in [2.05, 4.69) is 0 Å². The van der Waals surface area contributed by atoms with Crippen LogP contribution in [0.5, 0.6) is 0 Å². The number of furan rings is 1. The van der Waals surface area contributed by atoms with Crippen LogP contribution in [-0.4, -0.2) is 35.8 Å². The highest BCUT2D eigenvalue weighted by Gasteiger charge is 2.46. The van der Waals surface area contributed by atoms with Crippen molar-refractivity contribution in [3.05, 3.63) is 94.7 Å². The average Bonchev–Trinajstić information content (AvgIpc) is 3.37. The molecule has 0 aliphatic carbocycles. The van der Waals surface area contributed by atoms with E-state index in [1.54, 1.807) is 19.1 Å². The predicted molar refractivity (Wildman–Crippen MR) is 118 cm³/mol. The van der Waals surface area contributed by atoms with Crippen LogP contribution in [0.4, 0.5) is 10.1 Å². The van der Waals surface area contributed by atoms with E-state index in [-0.39, 0.29) is 17.7 Å². The zero-order chi connectivity index (χ0) is 23.0. The third-order valence-corrected chi connectivity index (χ3v) is 5.62. The summed E-state index contributed by atoms with van der Waals surface area (Å²) in [5, 5.41) is 11.0. The van der Waals surface area contributed by atoms with Crippen LogP contribution < -0.4 is 4.90 Å². The summed E-state index contributed by atoms with van der Waals surface area (Å²) in [5.41, 5.74) is 2.06. The summed E-state index contributed by atoms with van der Waals surface area (Å²) in [7, 11) is 3.81. The van der Waals surface area contributed by atoms with Gasteiger partial charge in [0.1, 0.15) is 17.3 Å². The van der Waals surface area contributed by atoms with Gasteiger partial charge in [0.15, 0.2) is 0 Å². The molecule has 1 amide bonds. The molecule has 1 fully saturated rings. The minimum absolute atomic E-state index is 0.0523. The molecule has 0 spiro atoms. The van der Waals surface area contributed by atoms with Crippen LogP contribution in [0.25, 0.3) is 5.76 Å². The van der Waals surface area contributed by atoms with E-state index in [0.29, 0.717) is 16.9 Å². The first-order valence-corrected chi connectivity index (χ1v) is 10.1. The molecule has 2 heterocycles. The van der Waals surface area contributed by atoms with Crippen molar-refractivity contribution in [2.75, 3.05) is 19.0 Å². The van der Waals surface area contributed by atoms with E-state index in [1.807, 2.05) is 43.3 Å². The fourth-order valence-electron chi connectivity index (χ4n) is 3.81. The van der Waals surface area contributed by atoms with Crippen LogP contribution in [0.1, 0.15) is 28.5 Å². The Bertz CT molecular complexity index is 1200. The minimum atomic E-state index is -0.847. The Hall–Kier alpha value is -3.87. The van der Waals surface area contributed by atoms with E-state index in [9.17, 15) is 19.1 Å². The van der Waals surface area contributed by atoms with Gasteiger partial charge in [-0.3, -0.25) is 9.59 Å². The van der Waals surface area contributed by atoms with Crippen LogP contribution in [0.3, 0.4) is 0 Å². The van der Waals surface area contributed by atoms with Gasteiger partial charge in [-0.1, -0.05) is 24.3 Å². The first-order valence-electron chi connectivity index (χ1n) is 10.1. The Morgan fingerprint density at radius 2 is 1.84 bits per heavy atom. The number of hydrogen-bond donors (Lipinski definition) is 1. The Balaban J connectivity index is 1.86. The van der Waals surface area contributed by atoms with Crippen molar-refractivity contribution in [2.24, 2.45) is 0 Å². The molecular weight excluding hydrogens is 411 g/mol. The molecule has 1 aliphatic heterocycles. The quantitative estimate of drug-likeness (QED) is 0.366. The number of rotatable bonds is 5. The lowest BCUT2D eigenvalue weighted by atomic mass is 9.94. The first-order chi connectivity index (χ1) is 15.3. The third kappa shape index (κ3) is 3.77. The average molecular weight is 434 g/mol. The molecule has 1 N–H and O–H groups in total. The number of anilines is 1. The molecule has 3 aromatic rings. The smallest absolute Gasteiger partial charge is 0.296 e. The lowest BCUT2D eigenvalue weighted by Gasteiger charge is -2.25. The SMILES string of the molecule is Cc1ccc(/C(O)=C2/C(=O)C(=O)N(Cc3ccco3)C2c2ccc(N(C)C)cc2)cc1F. The van der Waals surface area contributed by atoms with Gasteiger partial charge in [0.25, 0.3) is 11.7 Å². The number of carbonyl (C=O) groups is 2. The molecule has 0 saturated carbocycles. The number of likely N-dealkylation sites (tertiary alicyclic amines) is 1. The van der Waals surface area contributed by atoms with Gasteiger partial charge in [0, 0.05) is 25.3 Å². The van der Waals surface area contributed by atoms with Crippen molar-refractivity contribution < 1.29 is 23.5 Å². The maximum absolute atomic E-state index is 14.2. The largest absolute Gasteiger partial charge is 0.507 e. The van der Waals surface area contributed by atoms with Crippen molar-refractivity contribution in [1.29, 1.82) is 0 Å². The van der Waals surface area contributed by atoms with E-state index >= 15 is 0 Å². The fraction of sp³-hybridized carbons (Fsp3) is 0.200. The number of aryl methyl sites for hydroxylation is 1. The third-order valence-electron chi connectivity index (χ3n) is 5.62. The fourth-order valence-corrected chi connectivity index (χ4v) is 3.81. The van der Waals surface area contributed by atoms with Crippen molar-refractivity contribution in [2.45, 2.75) is 19.5 Å². The van der Waals surface area contributed by atoms with Gasteiger partial charge >= 0.3 is 0 Å². The second-order valence-electron chi connectivity index (χ2n) is 7.96. The Morgan fingerprint density at radius 3 is 2.44 bits per heavy atom. The van der Waals surface area contributed by atoms with Crippen molar-refractivity contribution in [1.82, 2.24) is 4.90 Å². The maximum Gasteiger partial charge on any atom is 0.296 e. The van der Waals surface area contributed by atoms with E-state index in [4.69, 9.17) is 4.42 Å². The topological polar surface area (TPSA) is 74.0 Å². The molecule has 4 rings (SSSR count). The first kappa shape index (κ1) is 21.4. The lowest BCUT2D eigenvalue weighted by Crippen LogP contribution is -2.29. The zero-order valence-corrected chi connectivity index (χ0v) is 18.0. The van der Waals surface area contributed by atoms with E-state index in [0.717, 1.165) is 11.8 Å². The van der Waals surface area contributed by atoms with Gasteiger partial charge < -0.3 is 19.3 Å². The van der Waals surface area contributed by atoms with Gasteiger partial charge in [-0.05, 0) is 48.4 Å². The molecule has 7 heteroatoms. The summed E-state index contributed by atoms with van der Waals surface area (Å²) in [6.45, 7) is 1.66. The molecule has 164 valence electrons. The summed E-state index contributed by atoms with van der Waals surface area (Å²) in [5.74, 6) is -1.99. The highest BCUT2D eigenvalue weighted by atomic mass is 19.1. The van der Waals surface area contributed by atoms with Gasteiger partial charge in [-0.25, -0.2) is 4.39 Å². The molecule has 0 radical (unpaired) electrons. The number of halogens is 1. The predicted octanol–water partition coefficient (Wildman–Crippen LogP) is 4.42. The summed E-state index contributed by atoms with van der Waals surface area (Å²) in [4.78, 5) is 29.3. The molecule has 2 aromatic carbocycles. The van der Waals surface area contributed by atoms with Crippen LogP contribution in [-0.2, 0) is 16.1 Å². The molecule has 1 saturated heterocycles. The number of Topliss-reactive ketones (excluding diaryl/α,β-unsaturated/α-hetero) is 1. The summed E-state index contributed by atoms with van der Waals surface area (Å²) < 4.78 is 19.5. The molecule has 0 bridgehead atoms. The molecular formula is C25H23FN2O4. The minimum Gasteiger partial charge on any atom is -0.507 e. The molecule has 1 aromatic heterocycles. The number of benzene rings is 2. The zero-order valence-electron chi connectivity index (χ0n) is 18.0. The normalized spacial score (nSPS) is 17.8. The number of hydrogen-bond acceptors (Lipinski definition) is 5. The van der Waals surface area contributed by atoms with Crippen molar-refractivity contribution in [3.63, 3.8) is 0 Å². The highest BCUT2D eigenvalue weighted by molar-refractivity contribution is 6.46. The number of nitrogens with zero attached hydrogens (tertiary/aromatic N) is 2. The number of aliphatic hydroxyl groups excluding tert-OH is 1. The summed E-state index contributed by atoms with van der Waals surface area (Å²) >= 11 is 0. The monoisotopic (exact) mass is 434 g/mol. The Morgan fingerprint density at radius 1 is 1.12 bits per heavy atom. The Kier molecular flexibility index (Phi) is 5.57. The van der Waals surface area contributed by atoms with Crippen LogP contribution in [0.2, 0.25) is 0 Å².